The van der Waals surface area contributed by atoms with Crippen molar-refractivity contribution in [3.05, 3.63) is 81.6 Å². The standard InChI is InChI=1S/C22H18ClF3N2O2/c1-2-13-5-3-6-14(10-20(29)30)18(13)11-17-12-19(22(24,25)26)28-21(27-17)15-7-4-8-16(23)9-15/h3-9,12H,2,10-11H2,1H3,(H,29,30). The molecule has 0 saturated heterocycles. The van der Waals surface area contributed by atoms with Crippen molar-refractivity contribution >= 4 is 17.6 Å². The molecule has 30 heavy (non-hydrogen) atoms. The van der Waals surface area contributed by atoms with Crippen LogP contribution in [0.5, 0.6) is 0 Å². The maximum Gasteiger partial charge on any atom is 0.433 e. The van der Waals surface area contributed by atoms with Crippen LogP contribution in [0.25, 0.3) is 11.4 Å². The number of aromatic nitrogens is 2. The van der Waals surface area contributed by atoms with Gasteiger partial charge in [0.1, 0.15) is 5.69 Å². The van der Waals surface area contributed by atoms with E-state index < -0.39 is 17.8 Å². The molecule has 0 saturated carbocycles. The van der Waals surface area contributed by atoms with Gasteiger partial charge in [0.2, 0.25) is 0 Å². The van der Waals surface area contributed by atoms with Crippen molar-refractivity contribution in [1.82, 2.24) is 9.97 Å². The highest BCUT2D eigenvalue weighted by Gasteiger charge is 2.34. The molecule has 1 heterocycles. The summed E-state index contributed by atoms with van der Waals surface area (Å²) in [4.78, 5) is 19.3. The Bertz CT molecular complexity index is 1080. The van der Waals surface area contributed by atoms with E-state index in [4.69, 9.17) is 11.6 Å². The smallest absolute Gasteiger partial charge is 0.433 e. The van der Waals surface area contributed by atoms with E-state index in [-0.39, 0.29) is 24.4 Å². The SMILES string of the molecule is CCc1cccc(CC(=O)O)c1Cc1cc(C(F)(F)F)nc(-c2cccc(Cl)c2)n1. The summed E-state index contributed by atoms with van der Waals surface area (Å²) in [7, 11) is 0. The van der Waals surface area contributed by atoms with Gasteiger partial charge in [0.15, 0.2) is 5.82 Å². The van der Waals surface area contributed by atoms with E-state index in [9.17, 15) is 23.1 Å². The average Bonchev–Trinajstić information content (AvgIpc) is 2.68. The maximum absolute atomic E-state index is 13.5. The molecular formula is C22H18ClF3N2O2. The Hall–Kier alpha value is -2.93. The van der Waals surface area contributed by atoms with Crippen molar-refractivity contribution in [1.29, 1.82) is 0 Å². The number of nitrogens with zero attached hydrogens (tertiary/aromatic N) is 2. The van der Waals surface area contributed by atoms with Crippen LogP contribution in [-0.4, -0.2) is 21.0 Å². The predicted molar refractivity (Wildman–Crippen MR) is 107 cm³/mol. The molecule has 156 valence electrons. The van der Waals surface area contributed by atoms with Gasteiger partial charge in [0.25, 0.3) is 0 Å². The van der Waals surface area contributed by atoms with Crippen LogP contribution in [0.15, 0.2) is 48.5 Å². The molecule has 0 unspecified atom stereocenters. The van der Waals surface area contributed by atoms with Gasteiger partial charge in [-0.3, -0.25) is 4.79 Å². The van der Waals surface area contributed by atoms with Gasteiger partial charge >= 0.3 is 12.1 Å². The summed E-state index contributed by atoms with van der Waals surface area (Å²) in [5.74, 6) is -1.10. The lowest BCUT2D eigenvalue weighted by Gasteiger charge is -2.15. The van der Waals surface area contributed by atoms with Crippen LogP contribution in [0.1, 0.15) is 35.0 Å². The summed E-state index contributed by atoms with van der Waals surface area (Å²) in [6.07, 6.45) is -4.20. The predicted octanol–water partition coefficient (Wildman–Crippen LogP) is 5.60. The topological polar surface area (TPSA) is 63.1 Å². The van der Waals surface area contributed by atoms with Crippen LogP contribution in [0.2, 0.25) is 5.02 Å². The number of alkyl halides is 3. The van der Waals surface area contributed by atoms with Crippen LogP contribution in [-0.2, 0) is 30.2 Å². The van der Waals surface area contributed by atoms with E-state index in [1.807, 2.05) is 13.0 Å². The lowest BCUT2D eigenvalue weighted by molar-refractivity contribution is -0.141. The first kappa shape index (κ1) is 21.8. The average molecular weight is 435 g/mol. The van der Waals surface area contributed by atoms with Crippen LogP contribution < -0.4 is 0 Å². The first-order valence-corrected chi connectivity index (χ1v) is 9.57. The number of hydrogen-bond acceptors (Lipinski definition) is 3. The van der Waals surface area contributed by atoms with Gasteiger partial charge in [-0.2, -0.15) is 13.2 Å². The second-order valence-electron chi connectivity index (χ2n) is 6.73. The van der Waals surface area contributed by atoms with Crippen molar-refractivity contribution < 1.29 is 23.1 Å². The number of aliphatic carboxylic acids is 1. The molecule has 3 rings (SSSR count). The highest BCUT2D eigenvalue weighted by atomic mass is 35.5. The third-order valence-corrected chi connectivity index (χ3v) is 4.84. The highest BCUT2D eigenvalue weighted by Crippen LogP contribution is 2.31. The Morgan fingerprint density at radius 3 is 2.40 bits per heavy atom. The van der Waals surface area contributed by atoms with Crippen LogP contribution in [0, 0.1) is 0 Å². The summed E-state index contributed by atoms with van der Waals surface area (Å²) < 4.78 is 40.5. The summed E-state index contributed by atoms with van der Waals surface area (Å²) >= 11 is 5.97. The summed E-state index contributed by atoms with van der Waals surface area (Å²) in [6, 6.07) is 12.5. The Labute approximate surface area is 176 Å². The molecule has 3 aromatic rings. The first-order chi connectivity index (χ1) is 14.2. The molecule has 0 bridgehead atoms. The van der Waals surface area contributed by atoms with Gasteiger partial charge < -0.3 is 5.11 Å². The third-order valence-electron chi connectivity index (χ3n) is 4.60. The number of carboxylic acid groups (broad SMARTS) is 1. The molecule has 4 nitrogen and oxygen atoms in total. The zero-order valence-corrected chi connectivity index (χ0v) is 16.8. The fourth-order valence-corrected chi connectivity index (χ4v) is 3.44. The molecule has 8 heteroatoms. The van der Waals surface area contributed by atoms with Gasteiger partial charge in [-0.1, -0.05) is 48.9 Å². The molecule has 0 aliphatic heterocycles. The molecule has 0 spiro atoms. The molecule has 2 aromatic carbocycles. The zero-order chi connectivity index (χ0) is 21.9. The lowest BCUT2D eigenvalue weighted by atomic mass is 9.93. The Morgan fingerprint density at radius 1 is 1.07 bits per heavy atom. The minimum Gasteiger partial charge on any atom is -0.481 e. The molecule has 0 radical (unpaired) electrons. The number of benzene rings is 2. The van der Waals surface area contributed by atoms with Crippen LogP contribution >= 0.6 is 11.6 Å². The van der Waals surface area contributed by atoms with Crippen molar-refractivity contribution in [2.75, 3.05) is 0 Å². The Morgan fingerprint density at radius 2 is 1.77 bits per heavy atom. The van der Waals surface area contributed by atoms with E-state index in [2.05, 4.69) is 9.97 Å². The lowest BCUT2D eigenvalue weighted by Crippen LogP contribution is -2.13. The van der Waals surface area contributed by atoms with Gasteiger partial charge in [-0.05, 0) is 41.3 Å². The minimum atomic E-state index is -4.65. The summed E-state index contributed by atoms with van der Waals surface area (Å²) in [5, 5.41) is 9.56. The van der Waals surface area contributed by atoms with E-state index in [0.717, 1.165) is 11.6 Å². The quantitative estimate of drug-likeness (QED) is 0.548. The van der Waals surface area contributed by atoms with E-state index >= 15 is 0 Å². The Kier molecular flexibility index (Phi) is 6.41. The molecule has 1 aromatic heterocycles. The van der Waals surface area contributed by atoms with Gasteiger partial charge in [-0.15, -0.1) is 0 Å². The number of aryl methyl sites for hydroxylation is 1. The second kappa shape index (κ2) is 8.83. The van der Waals surface area contributed by atoms with Crippen molar-refractivity contribution in [2.45, 2.75) is 32.4 Å². The largest absolute Gasteiger partial charge is 0.481 e. The van der Waals surface area contributed by atoms with Crippen molar-refractivity contribution in [3.8, 4) is 11.4 Å². The van der Waals surface area contributed by atoms with E-state index in [0.29, 0.717) is 28.1 Å². The van der Waals surface area contributed by atoms with E-state index in [1.54, 1.807) is 30.3 Å². The fraction of sp³-hybridized carbons (Fsp3) is 0.227. The van der Waals surface area contributed by atoms with Gasteiger partial charge in [0.05, 0.1) is 6.42 Å². The zero-order valence-electron chi connectivity index (χ0n) is 16.0. The first-order valence-electron chi connectivity index (χ1n) is 9.20. The monoisotopic (exact) mass is 434 g/mol. The number of hydrogen-bond donors (Lipinski definition) is 1. The highest BCUT2D eigenvalue weighted by molar-refractivity contribution is 6.30. The van der Waals surface area contributed by atoms with Gasteiger partial charge in [-0.25, -0.2) is 9.97 Å². The van der Waals surface area contributed by atoms with Crippen LogP contribution in [0.3, 0.4) is 0 Å². The van der Waals surface area contributed by atoms with Crippen molar-refractivity contribution in [2.24, 2.45) is 0 Å². The fourth-order valence-electron chi connectivity index (χ4n) is 3.25. The number of rotatable bonds is 6. The third kappa shape index (κ3) is 5.16. The van der Waals surface area contributed by atoms with Crippen LogP contribution in [0.4, 0.5) is 13.2 Å². The molecule has 0 aliphatic rings. The van der Waals surface area contributed by atoms with Gasteiger partial charge in [0, 0.05) is 22.7 Å². The summed E-state index contributed by atoms with van der Waals surface area (Å²) in [6.45, 7) is 1.90. The molecule has 1 N–H and O–H groups in total. The normalized spacial score (nSPS) is 11.5. The molecule has 0 amide bonds. The number of halogens is 4. The van der Waals surface area contributed by atoms with Crippen molar-refractivity contribution in [3.63, 3.8) is 0 Å². The second-order valence-corrected chi connectivity index (χ2v) is 7.17. The number of carboxylic acids is 1. The molecule has 0 atom stereocenters. The molecule has 0 fully saturated rings. The maximum atomic E-state index is 13.5. The Balaban J connectivity index is 2.13. The molecular weight excluding hydrogens is 417 g/mol. The number of carbonyl (C=O) groups is 1. The minimum absolute atomic E-state index is 0.0613. The summed E-state index contributed by atoms with van der Waals surface area (Å²) in [5.41, 5.74) is 1.55. The molecule has 0 aliphatic carbocycles. The van der Waals surface area contributed by atoms with E-state index in [1.165, 1.54) is 6.07 Å².